The van der Waals surface area contributed by atoms with Crippen molar-refractivity contribution in [1.29, 1.82) is 0 Å². The number of rotatable bonds is 3. The van der Waals surface area contributed by atoms with Crippen LogP contribution < -0.4 is 5.73 Å². The molecule has 0 saturated heterocycles. The third kappa shape index (κ3) is 2.86. The van der Waals surface area contributed by atoms with Crippen LogP contribution in [0.15, 0.2) is 4.99 Å². The van der Waals surface area contributed by atoms with Gasteiger partial charge in [0.2, 0.25) is 0 Å². The van der Waals surface area contributed by atoms with E-state index in [4.69, 9.17) is 5.73 Å². The molecule has 0 aliphatic rings. The number of nitro groups is 2. The highest BCUT2D eigenvalue weighted by Gasteiger charge is 2.44. The highest BCUT2D eigenvalue weighted by atomic mass is 16.7. The standard InChI is InChI=1S/C5H9N5O5/c1-7-5(6)8(2)4(11)3(9(12)13)10(14)15/h3H,1-2H3,(H2,6,7). The van der Waals surface area contributed by atoms with Crippen LogP contribution in [-0.2, 0) is 4.79 Å². The maximum atomic E-state index is 11.2. The first-order valence-corrected chi connectivity index (χ1v) is 3.59. The van der Waals surface area contributed by atoms with Crippen molar-refractivity contribution in [2.45, 2.75) is 6.17 Å². The summed E-state index contributed by atoms with van der Waals surface area (Å²) in [4.78, 5) is 33.0. The monoisotopic (exact) mass is 219 g/mol. The lowest BCUT2D eigenvalue weighted by Crippen LogP contribution is -2.50. The smallest absolute Gasteiger partial charge is 0.369 e. The molecule has 0 unspecified atom stereocenters. The van der Waals surface area contributed by atoms with Gasteiger partial charge in [0.15, 0.2) is 5.96 Å². The van der Waals surface area contributed by atoms with Gasteiger partial charge in [0, 0.05) is 14.1 Å². The Morgan fingerprint density at radius 2 is 1.80 bits per heavy atom. The molecule has 15 heavy (non-hydrogen) atoms. The van der Waals surface area contributed by atoms with Crippen molar-refractivity contribution in [3.63, 3.8) is 0 Å². The summed E-state index contributed by atoms with van der Waals surface area (Å²) < 4.78 is 0. The molecule has 1 amide bonds. The van der Waals surface area contributed by atoms with Crippen LogP contribution >= 0.6 is 0 Å². The summed E-state index contributed by atoms with van der Waals surface area (Å²) >= 11 is 0. The topological polar surface area (TPSA) is 145 Å². The van der Waals surface area contributed by atoms with Crippen LogP contribution in [0.1, 0.15) is 0 Å². The Hall–Kier alpha value is -2.26. The van der Waals surface area contributed by atoms with Crippen molar-refractivity contribution in [2.24, 2.45) is 10.7 Å². The van der Waals surface area contributed by atoms with Crippen LogP contribution in [-0.4, -0.2) is 46.9 Å². The highest BCUT2D eigenvalue weighted by Crippen LogP contribution is 1.97. The zero-order valence-corrected chi connectivity index (χ0v) is 7.98. The predicted molar refractivity (Wildman–Crippen MR) is 48.1 cm³/mol. The van der Waals surface area contributed by atoms with Crippen LogP contribution in [0.3, 0.4) is 0 Å². The summed E-state index contributed by atoms with van der Waals surface area (Å²) in [5.74, 6) is -1.69. The molecule has 0 bridgehead atoms. The van der Waals surface area contributed by atoms with Crippen LogP contribution in [0, 0.1) is 20.2 Å². The van der Waals surface area contributed by atoms with E-state index in [0.717, 1.165) is 7.05 Å². The molecule has 0 radical (unpaired) electrons. The molecule has 0 atom stereocenters. The Labute approximate surface area is 83.7 Å². The molecular weight excluding hydrogens is 210 g/mol. The second kappa shape index (κ2) is 4.83. The average molecular weight is 219 g/mol. The number of guanidine groups is 1. The molecule has 0 aromatic rings. The van der Waals surface area contributed by atoms with E-state index in [9.17, 15) is 25.0 Å². The van der Waals surface area contributed by atoms with Crippen molar-refractivity contribution in [3.05, 3.63) is 20.2 Å². The molecule has 0 aliphatic heterocycles. The van der Waals surface area contributed by atoms with E-state index in [0.29, 0.717) is 4.90 Å². The normalized spacial score (nSPS) is 11.3. The first-order valence-electron chi connectivity index (χ1n) is 3.59. The Morgan fingerprint density at radius 1 is 1.40 bits per heavy atom. The maximum Gasteiger partial charge on any atom is 0.527 e. The molecule has 0 saturated carbocycles. The molecule has 0 fully saturated rings. The number of likely N-dealkylation sites (N-methyl/N-ethyl adjacent to an activating group) is 1. The second-order valence-electron chi connectivity index (χ2n) is 2.42. The Kier molecular flexibility index (Phi) is 4.10. The van der Waals surface area contributed by atoms with Gasteiger partial charge in [0.1, 0.15) is 9.85 Å². The zero-order chi connectivity index (χ0) is 12.2. The van der Waals surface area contributed by atoms with E-state index >= 15 is 0 Å². The summed E-state index contributed by atoms with van der Waals surface area (Å²) in [7, 11) is 2.30. The maximum absolute atomic E-state index is 11.2. The van der Waals surface area contributed by atoms with Gasteiger partial charge >= 0.3 is 12.1 Å². The lowest BCUT2D eigenvalue weighted by Gasteiger charge is -2.13. The molecule has 84 valence electrons. The number of amides is 1. The van der Waals surface area contributed by atoms with Crippen LogP contribution in [0.25, 0.3) is 0 Å². The molecule has 0 aromatic heterocycles. The van der Waals surface area contributed by atoms with Gasteiger partial charge in [-0.3, -0.25) is 34.9 Å². The fraction of sp³-hybridized carbons (Fsp3) is 0.600. The highest BCUT2D eigenvalue weighted by molar-refractivity contribution is 5.97. The SMILES string of the molecule is CN=C(N)N(C)C(=O)C([N+](=O)[O-])[N+](=O)[O-]. The molecule has 10 heteroatoms. The lowest BCUT2D eigenvalue weighted by atomic mass is 10.4. The van der Waals surface area contributed by atoms with Gasteiger partial charge in [-0.1, -0.05) is 0 Å². The van der Waals surface area contributed by atoms with Gasteiger partial charge in [-0.25, -0.2) is 0 Å². The van der Waals surface area contributed by atoms with Crippen LogP contribution in [0.5, 0.6) is 0 Å². The number of hydrogen-bond donors (Lipinski definition) is 1. The average Bonchev–Trinajstić information content (AvgIpc) is 2.14. The third-order valence-electron chi connectivity index (χ3n) is 1.52. The van der Waals surface area contributed by atoms with Crippen molar-refractivity contribution in [3.8, 4) is 0 Å². The molecule has 0 heterocycles. The number of nitrogens with zero attached hydrogens (tertiary/aromatic N) is 4. The largest absolute Gasteiger partial charge is 0.527 e. The van der Waals surface area contributed by atoms with E-state index in [1.807, 2.05) is 0 Å². The van der Waals surface area contributed by atoms with Gasteiger partial charge in [0.05, 0.1) is 0 Å². The second-order valence-corrected chi connectivity index (χ2v) is 2.42. The van der Waals surface area contributed by atoms with Gasteiger partial charge < -0.3 is 5.73 Å². The molecule has 2 N–H and O–H groups in total. The van der Waals surface area contributed by atoms with E-state index < -0.39 is 21.9 Å². The Bertz CT molecular complexity index is 312. The fourth-order valence-corrected chi connectivity index (χ4v) is 0.693. The molecular formula is C5H9N5O5. The number of carbonyl (C=O) groups is 1. The van der Waals surface area contributed by atoms with Crippen molar-refractivity contribution in [2.75, 3.05) is 14.1 Å². The molecule has 0 spiro atoms. The number of hydrogen-bond acceptors (Lipinski definition) is 6. The number of carbonyl (C=O) groups excluding carboxylic acids is 1. The minimum Gasteiger partial charge on any atom is -0.369 e. The molecule has 0 aromatic carbocycles. The van der Waals surface area contributed by atoms with Crippen LogP contribution in [0.4, 0.5) is 0 Å². The molecule has 0 rings (SSSR count). The van der Waals surface area contributed by atoms with E-state index in [1.165, 1.54) is 7.05 Å². The van der Waals surface area contributed by atoms with Crippen molar-refractivity contribution < 1.29 is 14.6 Å². The van der Waals surface area contributed by atoms with E-state index in [2.05, 4.69) is 4.99 Å². The van der Waals surface area contributed by atoms with Gasteiger partial charge in [-0.15, -0.1) is 0 Å². The fourth-order valence-electron chi connectivity index (χ4n) is 0.693. The van der Waals surface area contributed by atoms with Crippen molar-refractivity contribution >= 4 is 11.9 Å². The van der Waals surface area contributed by atoms with Crippen molar-refractivity contribution in [1.82, 2.24) is 4.90 Å². The van der Waals surface area contributed by atoms with Gasteiger partial charge in [0.25, 0.3) is 0 Å². The minimum atomic E-state index is -2.56. The van der Waals surface area contributed by atoms with E-state index in [1.54, 1.807) is 0 Å². The van der Waals surface area contributed by atoms with E-state index in [-0.39, 0.29) is 5.96 Å². The first-order chi connectivity index (χ1) is 6.82. The van der Waals surface area contributed by atoms with Gasteiger partial charge in [-0.05, 0) is 0 Å². The summed E-state index contributed by atoms with van der Waals surface area (Å²) in [5, 5.41) is 20.5. The predicted octanol–water partition coefficient (Wildman–Crippen LogP) is -1.73. The summed E-state index contributed by atoms with van der Waals surface area (Å²) in [6.45, 7) is 0. The zero-order valence-electron chi connectivity index (χ0n) is 7.98. The Balaban J connectivity index is 4.96. The third-order valence-corrected chi connectivity index (χ3v) is 1.52. The first kappa shape index (κ1) is 12.7. The Morgan fingerprint density at radius 3 is 2.07 bits per heavy atom. The summed E-state index contributed by atoms with van der Waals surface area (Å²) in [6.07, 6.45) is -2.56. The summed E-state index contributed by atoms with van der Waals surface area (Å²) in [5.41, 5.74) is 5.17. The minimum absolute atomic E-state index is 0.339. The molecule has 10 nitrogen and oxygen atoms in total. The molecule has 0 aliphatic carbocycles. The quantitative estimate of drug-likeness (QED) is 0.196. The number of aliphatic imine (C=N–C) groups is 1. The lowest BCUT2D eigenvalue weighted by molar-refractivity contribution is -0.723. The number of nitrogens with two attached hydrogens (primary N) is 1. The van der Waals surface area contributed by atoms with Gasteiger partial charge in [-0.2, -0.15) is 0 Å². The van der Waals surface area contributed by atoms with Crippen LogP contribution in [0.2, 0.25) is 0 Å². The summed E-state index contributed by atoms with van der Waals surface area (Å²) in [6, 6.07) is 0.